The molecule has 0 aliphatic carbocycles. The van der Waals surface area contributed by atoms with E-state index in [0.29, 0.717) is 5.70 Å². The zero-order valence-electron chi connectivity index (χ0n) is 22.5. The summed E-state index contributed by atoms with van der Waals surface area (Å²) >= 11 is 0. The first-order valence-electron chi connectivity index (χ1n) is 12.4. The van der Waals surface area contributed by atoms with Gasteiger partial charge >= 0.3 is 19.7 Å². The molecule has 39 heavy (non-hydrogen) atoms. The van der Waals surface area contributed by atoms with Crippen LogP contribution in [0.25, 0.3) is 6.08 Å². The molecule has 3 rings (SSSR count). The van der Waals surface area contributed by atoms with Crippen molar-refractivity contribution in [3.8, 4) is 5.75 Å². The first kappa shape index (κ1) is 30.5. The van der Waals surface area contributed by atoms with Gasteiger partial charge in [-0.25, -0.2) is 13.8 Å². The molecule has 1 unspecified atom stereocenters. The number of ether oxygens (including phenoxy) is 2. The first-order valence-corrected chi connectivity index (χ1v) is 13.9. The van der Waals surface area contributed by atoms with Crippen molar-refractivity contribution < 1.29 is 42.2 Å². The lowest BCUT2D eigenvalue weighted by Crippen LogP contribution is -2.53. The largest absolute Gasteiger partial charge is 0.462 e. The lowest BCUT2D eigenvalue weighted by atomic mass is 9.98. The Morgan fingerprint density at radius 3 is 2.62 bits per heavy atom. The van der Waals surface area contributed by atoms with E-state index in [9.17, 15) is 19.3 Å². The summed E-state index contributed by atoms with van der Waals surface area (Å²) < 4.78 is 51.4. The van der Waals surface area contributed by atoms with Gasteiger partial charge in [0.2, 0.25) is 0 Å². The minimum absolute atomic E-state index is 0.167. The Morgan fingerprint density at radius 2 is 2.03 bits per heavy atom. The maximum Gasteiger partial charge on any atom is 0.459 e. The van der Waals surface area contributed by atoms with Gasteiger partial charge in [0, 0.05) is 11.9 Å². The summed E-state index contributed by atoms with van der Waals surface area (Å²) in [6.45, 7) is 10.7. The Morgan fingerprint density at radius 1 is 1.36 bits per heavy atom. The molecule has 2 aliphatic rings. The molecule has 1 aromatic carbocycles. The van der Waals surface area contributed by atoms with Crippen LogP contribution in [0, 0.1) is 0 Å². The maximum atomic E-state index is 15.6. The second kappa shape index (κ2) is 12.4. The smallest absolute Gasteiger partial charge is 0.459 e. The minimum Gasteiger partial charge on any atom is -0.462 e. The monoisotopic (exact) mass is 567 g/mol. The van der Waals surface area contributed by atoms with Gasteiger partial charge in [-0.2, -0.15) is 5.09 Å². The molecule has 0 radical (unpaired) electrons. The number of carbonyl (C=O) groups is 2. The molecule has 2 heterocycles. The average Bonchev–Trinajstić information content (AvgIpc) is 3.07. The van der Waals surface area contributed by atoms with Gasteiger partial charge in [0.05, 0.1) is 12.7 Å². The number of allylic oxidation sites excluding steroid dienone is 2. The van der Waals surface area contributed by atoms with Gasteiger partial charge in [-0.3, -0.25) is 14.2 Å². The molecule has 6 atom stereocenters. The van der Waals surface area contributed by atoms with Crippen LogP contribution in [0.15, 0.2) is 54.9 Å². The number of alkyl halides is 1. The van der Waals surface area contributed by atoms with Crippen LogP contribution in [0.1, 0.15) is 40.2 Å². The molecular weight excluding hydrogens is 532 g/mol. The van der Waals surface area contributed by atoms with Gasteiger partial charge in [-0.15, -0.1) is 0 Å². The van der Waals surface area contributed by atoms with Crippen molar-refractivity contribution in [1.29, 1.82) is 0 Å². The molecule has 13 heteroatoms. The van der Waals surface area contributed by atoms with E-state index in [0.717, 1.165) is 17.4 Å². The van der Waals surface area contributed by atoms with Crippen LogP contribution in [-0.2, 0) is 23.4 Å². The predicted molar refractivity (Wildman–Crippen MR) is 142 cm³/mol. The molecule has 2 aliphatic heterocycles. The lowest BCUT2D eigenvalue weighted by Gasteiger charge is -2.33. The molecule has 1 fully saturated rings. The molecule has 1 aromatic rings. The summed E-state index contributed by atoms with van der Waals surface area (Å²) in [5.74, 6) is -0.529. The second-order valence-corrected chi connectivity index (χ2v) is 11.3. The summed E-state index contributed by atoms with van der Waals surface area (Å²) in [6.07, 6.45) is 1.41. The summed E-state index contributed by atoms with van der Waals surface area (Å²) in [7, 11) is -4.32. The highest BCUT2D eigenvalue weighted by atomic mass is 31.2. The molecule has 2 amide bonds. The van der Waals surface area contributed by atoms with Crippen LogP contribution < -0.4 is 14.9 Å². The van der Waals surface area contributed by atoms with Gasteiger partial charge in [-0.05, 0) is 58.4 Å². The summed E-state index contributed by atoms with van der Waals surface area (Å²) in [5, 5.41) is 15.6. The molecule has 0 spiro atoms. The number of hydrogen-bond acceptors (Lipinski definition) is 8. The van der Waals surface area contributed by atoms with Crippen molar-refractivity contribution in [3.63, 3.8) is 0 Å². The summed E-state index contributed by atoms with van der Waals surface area (Å²) in [4.78, 5) is 25.7. The highest BCUT2D eigenvalue weighted by Gasteiger charge is 2.57. The topological polar surface area (TPSA) is 136 Å². The number of amides is 2. The molecule has 0 saturated carbocycles. The molecule has 0 aromatic heterocycles. The maximum absolute atomic E-state index is 15.6. The Hall–Kier alpha value is -3.02. The Kier molecular flexibility index (Phi) is 9.74. The third-order valence-electron chi connectivity index (χ3n) is 5.84. The number of urea groups is 1. The number of rotatable bonds is 11. The number of halogens is 1. The third kappa shape index (κ3) is 7.55. The number of carbonyl (C=O) groups excluding carboxylic acids is 2. The van der Waals surface area contributed by atoms with Gasteiger partial charge in [0.1, 0.15) is 24.0 Å². The predicted octanol–water partition coefficient (Wildman–Crippen LogP) is 4.02. The first-order chi connectivity index (χ1) is 18.3. The fourth-order valence-corrected chi connectivity index (χ4v) is 5.38. The summed E-state index contributed by atoms with van der Waals surface area (Å²) in [6, 6.07) is 4.78. The van der Waals surface area contributed by atoms with Gasteiger partial charge < -0.3 is 24.4 Å². The van der Waals surface area contributed by atoms with Crippen LogP contribution in [-0.4, -0.2) is 64.9 Å². The van der Waals surface area contributed by atoms with Crippen LogP contribution in [0.3, 0.4) is 0 Å². The quantitative estimate of drug-likeness (QED) is 0.268. The SMILES string of the molecule is C=C1C=CN([C@@H]2O[C@H](COP(=O)(N[C@@H](C)C(=O)OC(C)C)Oc3ccc(/C=C/C)cc3)[C@@H](O)[C@@]2(C)F)C(=O)N1. The Balaban J connectivity index is 1.79. The van der Waals surface area contributed by atoms with E-state index < -0.39 is 62.6 Å². The van der Waals surface area contributed by atoms with Crippen molar-refractivity contribution >= 4 is 25.8 Å². The molecular formula is C26H35FN3O8P. The highest BCUT2D eigenvalue weighted by molar-refractivity contribution is 7.52. The minimum atomic E-state index is -4.32. The Labute approximate surface area is 227 Å². The molecule has 214 valence electrons. The fraction of sp³-hybridized carbons (Fsp3) is 0.462. The van der Waals surface area contributed by atoms with E-state index in [1.807, 2.05) is 19.1 Å². The van der Waals surface area contributed by atoms with Crippen LogP contribution in [0.4, 0.5) is 9.18 Å². The molecule has 3 N–H and O–H groups in total. The third-order valence-corrected chi connectivity index (χ3v) is 7.48. The van der Waals surface area contributed by atoms with Crippen molar-refractivity contribution in [2.24, 2.45) is 0 Å². The normalized spacial score (nSPS) is 27.5. The van der Waals surface area contributed by atoms with Crippen molar-refractivity contribution in [2.45, 2.75) is 70.9 Å². The van der Waals surface area contributed by atoms with Gasteiger partial charge in [0.15, 0.2) is 11.9 Å². The highest BCUT2D eigenvalue weighted by Crippen LogP contribution is 2.47. The number of aliphatic hydroxyl groups excluding tert-OH is 1. The average molecular weight is 568 g/mol. The molecule has 1 saturated heterocycles. The Bertz CT molecular complexity index is 1170. The van der Waals surface area contributed by atoms with E-state index >= 15 is 4.39 Å². The van der Waals surface area contributed by atoms with E-state index in [1.165, 1.54) is 19.2 Å². The molecule has 11 nitrogen and oxygen atoms in total. The number of esters is 1. The van der Waals surface area contributed by atoms with E-state index in [-0.39, 0.29) is 5.75 Å². The lowest BCUT2D eigenvalue weighted by molar-refractivity contribution is -0.149. The number of nitrogens with zero attached hydrogens (tertiary/aromatic N) is 1. The number of aliphatic hydroxyl groups is 1. The zero-order valence-corrected chi connectivity index (χ0v) is 23.4. The standard InChI is InChI=1S/C26H35FN3O8P/c1-7-8-19-9-11-20(12-10-19)38-39(34,29-18(5)23(32)36-16(2)3)35-15-21-22(31)26(6,27)24(37-21)30-14-13-17(4)28-25(30)33/h7-14,16,18,21-22,24,31H,4,15H2,1-3,5-6H3,(H,28,33)(H,29,34)/b8-7+/t18-,21+,22+,24+,26+,39?/m0/s1. The van der Waals surface area contributed by atoms with Crippen molar-refractivity contribution in [3.05, 3.63) is 60.5 Å². The van der Waals surface area contributed by atoms with E-state index in [4.69, 9.17) is 18.5 Å². The van der Waals surface area contributed by atoms with Crippen molar-refractivity contribution in [1.82, 2.24) is 15.3 Å². The van der Waals surface area contributed by atoms with E-state index in [2.05, 4.69) is 17.0 Å². The fourth-order valence-electron chi connectivity index (χ4n) is 3.87. The van der Waals surface area contributed by atoms with Crippen LogP contribution in [0.5, 0.6) is 5.75 Å². The number of benzene rings is 1. The van der Waals surface area contributed by atoms with Crippen molar-refractivity contribution in [2.75, 3.05) is 6.61 Å². The zero-order chi connectivity index (χ0) is 29.0. The van der Waals surface area contributed by atoms with Crippen LogP contribution >= 0.6 is 7.75 Å². The molecule has 0 bridgehead atoms. The number of hydrogen-bond donors (Lipinski definition) is 3. The van der Waals surface area contributed by atoms with Crippen LogP contribution in [0.2, 0.25) is 0 Å². The van der Waals surface area contributed by atoms with Gasteiger partial charge in [0.25, 0.3) is 0 Å². The van der Waals surface area contributed by atoms with Gasteiger partial charge in [-0.1, -0.05) is 30.9 Å². The summed E-state index contributed by atoms with van der Waals surface area (Å²) in [5.41, 5.74) is -1.23. The second-order valence-electron chi connectivity index (χ2n) is 9.59. The van der Waals surface area contributed by atoms with E-state index in [1.54, 1.807) is 38.1 Å². The number of nitrogens with one attached hydrogen (secondary N) is 2.